The maximum absolute atomic E-state index is 12.3. The van der Waals surface area contributed by atoms with Gasteiger partial charge in [-0.25, -0.2) is 4.79 Å². The summed E-state index contributed by atoms with van der Waals surface area (Å²) in [5.74, 6) is -0.372. The summed E-state index contributed by atoms with van der Waals surface area (Å²) in [5.41, 5.74) is 0.964. The van der Waals surface area contributed by atoms with Gasteiger partial charge in [-0.2, -0.15) is 0 Å². The normalized spacial score (nSPS) is 11.8. The maximum atomic E-state index is 12.3. The van der Waals surface area contributed by atoms with Gasteiger partial charge in [-0.1, -0.05) is 48.2 Å². The standard InChI is InChI=1S/C19H21N5O2S2/c1-14(17(25)22-18(26)20-12-15-6-3-2-4-7-15)28-19-23-21-13-24(19)10-9-16-8-5-11-27-16/h2-8,11,13-14H,9-10,12H2,1H3,(H2,20,22,25,26)/t14-/m1/s1. The van der Waals surface area contributed by atoms with Crippen LogP contribution in [0.1, 0.15) is 17.4 Å². The predicted molar refractivity (Wildman–Crippen MR) is 110 cm³/mol. The molecule has 0 aliphatic rings. The lowest BCUT2D eigenvalue weighted by Gasteiger charge is -2.12. The largest absolute Gasteiger partial charge is 0.334 e. The van der Waals surface area contributed by atoms with Crippen LogP contribution in [0.3, 0.4) is 0 Å². The van der Waals surface area contributed by atoms with Crippen LogP contribution in [-0.4, -0.2) is 32.0 Å². The van der Waals surface area contributed by atoms with Gasteiger partial charge in [0.2, 0.25) is 5.91 Å². The van der Waals surface area contributed by atoms with E-state index in [1.165, 1.54) is 16.6 Å². The average Bonchev–Trinajstić information content (AvgIpc) is 3.37. The van der Waals surface area contributed by atoms with E-state index in [0.717, 1.165) is 18.5 Å². The summed E-state index contributed by atoms with van der Waals surface area (Å²) in [4.78, 5) is 25.5. The third-order valence-corrected chi connectivity index (χ3v) is 5.97. The maximum Gasteiger partial charge on any atom is 0.321 e. The highest BCUT2D eigenvalue weighted by atomic mass is 32.2. The number of carbonyl (C=O) groups excluding carboxylic acids is 2. The van der Waals surface area contributed by atoms with Gasteiger partial charge in [-0.05, 0) is 30.4 Å². The Labute approximate surface area is 171 Å². The molecule has 28 heavy (non-hydrogen) atoms. The highest BCUT2D eigenvalue weighted by Gasteiger charge is 2.19. The first-order valence-corrected chi connectivity index (χ1v) is 10.6. The molecule has 2 aromatic heterocycles. The van der Waals surface area contributed by atoms with E-state index in [-0.39, 0.29) is 5.91 Å². The van der Waals surface area contributed by atoms with Gasteiger partial charge in [-0.3, -0.25) is 10.1 Å². The van der Waals surface area contributed by atoms with Gasteiger partial charge in [0, 0.05) is 18.0 Å². The highest BCUT2D eigenvalue weighted by Crippen LogP contribution is 2.21. The van der Waals surface area contributed by atoms with Gasteiger partial charge in [0.25, 0.3) is 0 Å². The summed E-state index contributed by atoms with van der Waals surface area (Å²) < 4.78 is 1.92. The number of imide groups is 1. The van der Waals surface area contributed by atoms with Crippen molar-refractivity contribution in [2.45, 2.75) is 36.8 Å². The van der Waals surface area contributed by atoms with Gasteiger partial charge < -0.3 is 9.88 Å². The minimum absolute atomic E-state index is 0.360. The van der Waals surface area contributed by atoms with E-state index < -0.39 is 11.3 Å². The Hall–Kier alpha value is -2.65. The molecule has 7 nitrogen and oxygen atoms in total. The molecule has 0 fully saturated rings. The Morgan fingerprint density at radius 1 is 1.21 bits per heavy atom. The number of amides is 3. The molecule has 0 radical (unpaired) electrons. The molecule has 0 aliphatic heterocycles. The molecule has 2 N–H and O–H groups in total. The number of nitrogens with zero attached hydrogens (tertiary/aromatic N) is 3. The van der Waals surface area contributed by atoms with Crippen molar-refractivity contribution in [2.75, 3.05) is 0 Å². The first kappa shape index (κ1) is 20.1. The van der Waals surface area contributed by atoms with Crippen LogP contribution in [0.2, 0.25) is 0 Å². The second-order valence-corrected chi connectivity index (χ2v) is 8.39. The number of carbonyl (C=O) groups is 2. The number of thiophene rings is 1. The summed E-state index contributed by atoms with van der Waals surface area (Å²) in [6.07, 6.45) is 2.54. The number of aryl methyl sites for hydroxylation is 2. The molecular formula is C19H21N5O2S2. The zero-order chi connectivity index (χ0) is 19.8. The van der Waals surface area contributed by atoms with Crippen molar-refractivity contribution in [1.82, 2.24) is 25.4 Å². The first-order valence-electron chi connectivity index (χ1n) is 8.81. The number of benzene rings is 1. The van der Waals surface area contributed by atoms with Crippen LogP contribution in [0, 0.1) is 0 Å². The number of aromatic nitrogens is 3. The Morgan fingerprint density at radius 2 is 2.04 bits per heavy atom. The second-order valence-electron chi connectivity index (χ2n) is 6.05. The van der Waals surface area contributed by atoms with E-state index in [9.17, 15) is 9.59 Å². The van der Waals surface area contributed by atoms with Crippen LogP contribution in [-0.2, 0) is 24.3 Å². The Morgan fingerprint density at radius 3 is 2.79 bits per heavy atom. The molecule has 0 saturated heterocycles. The fourth-order valence-electron chi connectivity index (χ4n) is 2.42. The molecule has 3 amide bonds. The third kappa shape index (κ3) is 5.93. The van der Waals surface area contributed by atoms with Crippen LogP contribution in [0.15, 0.2) is 59.3 Å². The molecule has 1 atom stereocenters. The van der Waals surface area contributed by atoms with Crippen LogP contribution in [0.5, 0.6) is 0 Å². The lowest BCUT2D eigenvalue weighted by Crippen LogP contribution is -2.42. The van der Waals surface area contributed by atoms with Gasteiger partial charge >= 0.3 is 6.03 Å². The Kier molecular flexibility index (Phi) is 7.21. The van der Waals surface area contributed by atoms with Crippen LogP contribution >= 0.6 is 23.1 Å². The molecule has 146 valence electrons. The van der Waals surface area contributed by atoms with Crippen LogP contribution in [0.4, 0.5) is 4.79 Å². The molecule has 9 heteroatoms. The number of nitrogens with one attached hydrogen (secondary N) is 2. The quantitative estimate of drug-likeness (QED) is 0.552. The lowest BCUT2D eigenvalue weighted by molar-refractivity contribution is -0.119. The monoisotopic (exact) mass is 415 g/mol. The summed E-state index contributed by atoms with van der Waals surface area (Å²) in [6, 6.07) is 13.1. The average molecular weight is 416 g/mol. The fraction of sp³-hybridized carbons (Fsp3) is 0.263. The molecular weight excluding hydrogens is 394 g/mol. The van der Waals surface area contributed by atoms with Crippen molar-refractivity contribution in [1.29, 1.82) is 0 Å². The number of rotatable bonds is 8. The Balaban J connectivity index is 1.46. The van der Waals surface area contributed by atoms with Gasteiger partial charge in [-0.15, -0.1) is 21.5 Å². The molecule has 0 saturated carbocycles. The van der Waals surface area contributed by atoms with E-state index in [1.807, 2.05) is 46.3 Å². The minimum Gasteiger partial charge on any atom is -0.334 e. The van der Waals surface area contributed by atoms with Crippen molar-refractivity contribution >= 4 is 35.0 Å². The van der Waals surface area contributed by atoms with Gasteiger partial charge in [0.15, 0.2) is 5.16 Å². The van der Waals surface area contributed by atoms with Crippen molar-refractivity contribution in [3.05, 3.63) is 64.6 Å². The van der Waals surface area contributed by atoms with E-state index in [0.29, 0.717) is 11.7 Å². The van der Waals surface area contributed by atoms with E-state index in [1.54, 1.807) is 24.6 Å². The number of hydrogen-bond donors (Lipinski definition) is 2. The lowest BCUT2D eigenvalue weighted by atomic mass is 10.2. The molecule has 1 aromatic carbocycles. The van der Waals surface area contributed by atoms with Crippen LogP contribution in [0.25, 0.3) is 0 Å². The zero-order valence-corrected chi connectivity index (χ0v) is 17.0. The highest BCUT2D eigenvalue weighted by molar-refractivity contribution is 8.00. The van der Waals surface area contributed by atoms with Crippen molar-refractivity contribution in [3.63, 3.8) is 0 Å². The fourth-order valence-corrected chi connectivity index (χ4v) is 3.97. The number of hydrogen-bond acceptors (Lipinski definition) is 6. The molecule has 0 spiro atoms. The number of thioether (sulfide) groups is 1. The molecule has 0 unspecified atom stereocenters. The molecule has 3 aromatic rings. The Bertz CT molecular complexity index is 896. The smallest absolute Gasteiger partial charge is 0.321 e. The van der Waals surface area contributed by atoms with Crippen molar-refractivity contribution in [3.8, 4) is 0 Å². The first-order chi connectivity index (χ1) is 13.6. The molecule has 3 rings (SSSR count). The second kappa shape index (κ2) is 10.0. The summed E-state index contributed by atoms with van der Waals surface area (Å²) in [6.45, 7) is 2.84. The summed E-state index contributed by atoms with van der Waals surface area (Å²) in [7, 11) is 0. The molecule has 0 aliphatic carbocycles. The van der Waals surface area contributed by atoms with E-state index in [4.69, 9.17) is 0 Å². The topological polar surface area (TPSA) is 88.9 Å². The van der Waals surface area contributed by atoms with Crippen molar-refractivity contribution in [2.24, 2.45) is 0 Å². The SMILES string of the molecule is C[C@@H](Sc1nncn1CCc1cccs1)C(=O)NC(=O)NCc1ccccc1. The zero-order valence-electron chi connectivity index (χ0n) is 15.4. The minimum atomic E-state index is -0.513. The van der Waals surface area contributed by atoms with E-state index >= 15 is 0 Å². The third-order valence-electron chi connectivity index (χ3n) is 3.94. The van der Waals surface area contributed by atoms with Gasteiger partial charge in [0.05, 0.1) is 5.25 Å². The summed E-state index contributed by atoms with van der Waals surface area (Å²) in [5, 5.41) is 15.3. The molecule has 2 heterocycles. The number of urea groups is 1. The van der Waals surface area contributed by atoms with E-state index in [2.05, 4.69) is 26.9 Å². The van der Waals surface area contributed by atoms with Gasteiger partial charge in [0.1, 0.15) is 6.33 Å². The molecule has 0 bridgehead atoms. The van der Waals surface area contributed by atoms with Crippen molar-refractivity contribution < 1.29 is 9.59 Å². The predicted octanol–water partition coefficient (Wildman–Crippen LogP) is 3.09. The summed E-state index contributed by atoms with van der Waals surface area (Å²) >= 11 is 2.99. The van der Waals surface area contributed by atoms with Crippen LogP contribution < -0.4 is 10.6 Å².